The van der Waals surface area contributed by atoms with Crippen molar-refractivity contribution in [1.29, 1.82) is 5.26 Å². The Kier molecular flexibility index (Phi) is 4.57. The van der Waals surface area contributed by atoms with Gasteiger partial charge < -0.3 is 19.6 Å². The number of ether oxygens (including phenoxy) is 2. The lowest BCUT2D eigenvalue weighted by Crippen LogP contribution is -1.98. The number of hydrogen-bond donors (Lipinski definition) is 2. The molecule has 0 aliphatic rings. The summed E-state index contributed by atoms with van der Waals surface area (Å²) in [7, 11) is 3.11. The van der Waals surface area contributed by atoms with Crippen molar-refractivity contribution in [3.63, 3.8) is 0 Å². The largest absolute Gasteiger partial charge is 0.510 e. The molecule has 2 N–H and O–H groups in total. The Labute approximate surface area is 145 Å². The molecule has 0 aliphatic carbocycles. The van der Waals surface area contributed by atoms with Crippen LogP contribution in [0.15, 0.2) is 48.2 Å². The second kappa shape index (κ2) is 6.97. The number of aliphatic hydroxyl groups excluding tert-OH is 1. The van der Waals surface area contributed by atoms with Crippen molar-refractivity contribution in [2.45, 2.75) is 6.42 Å². The summed E-state index contributed by atoms with van der Waals surface area (Å²) in [6, 6.07) is 14.8. The third-order valence-electron chi connectivity index (χ3n) is 3.85. The van der Waals surface area contributed by atoms with Crippen LogP contribution in [0.1, 0.15) is 11.4 Å². The van der Waals surface area contributed by atoms with E-state index in [9.17, 15) is 10.4 Å². The van der Waals surface area contributed by atoms with E-state index >= 15 is 0 Å². The number of rotatable bonds is 5. The molecule has 0 aliphatic heterocycles. The Bertz CT molecular complexity index is 950. The summed E-state index contributed by atoms with van der Waals surface area (Å²) in [5.74, 6) is 1.46. The van der Waals surface area contributed by atoms with E-state index in [0.29, 0.717) is 17.3 Å². The highest BCUT2D eigenvalue weighted by atomic mass is 16.5. The predicted octanol–water partition coefficient (Wildman–Crippen LogP) is 3.62. The smallest absolute Gasteiger partial charge is 0.161 e. The van der Waals surface area contributed by atoms with Crippen LogP contribution in [-0.2, 0) is 6.42 Å². The summed E-state index contributed by atoms with van der Waals surface area (Å²) in [6.45, 7) is 0. The minimum absolute atomic E-state index is 0.0613. The maximum Gasteiger partial charge on any atom is 0.161 e. The Morgan fingerprint density at radius 3 is 2.60 bits per heavy atom. The number of nitrogens with one attached hydrogen (secondary N) is 1. The Balaban J connectivity index is 1.95. The zero-order valence-electron chi connectivity index (χ0n) is 13.9. The zero-order chi connectivity index (χ0) is 17.8. The molecule has 1 aromatic heterocycles. The number of nitriles is 1. The highest BCUT2D eigenvalue weighted by Gasteiger charge is 2.14. The number of aromatic amines is 1. The van der Waals surface area contributed by atoms with Crippen molar-refractivity contribution in [2.24, 2.45) is 0 Å². The topological polar surface area (TPSA) is 91.2 Å². The van der Waals surface area contributed by atoms with E-state index in [0.717, 1.165) is 16.6 Å². The molecule has 0 bridgehead atoms. The second-order valence-electron chi connectivity index (χ2n) is 5.40. The molecular weight excluding hydrogens is 318 g/mol. The maximum absolute atomic E-state index is 10.5. The van der Waals surface area contributed by atoms with Crippen molar-refractivity contribution < 1.29 is 14.6 Å². The summed E-state index contributed by atoms with van der Waals surface area (Å²) in [4.78, 5) is 7.42. The minimum Gasteiger partial charge on any atom is -0.510 e. The summed E-state index contributed by atoms with van der Waals surface area (Å²) < 4.78 is 10.5. The number of methoxy groups -OCH3 is 2. The summed E-state index contributed by atoms with van der Waals surface area (Å²) >= 11 is 0. The molecule has 0 unspecified atom stereocenters. The van der Waals surface area contributed by atoms with Gasteiger partial charge in [-0.1, -0.05) is 18.2 Å². The molecule has 6 nitrogen and oxygen atoms in total. The molecule has 0 amide bonds. The quantitative estimate of drug-likeness (QED) is 0.549. The van der Waals surface area contributed by atoms with Crippen LogP contribution < -0.4 is 9.47 Å². The van der Waals surface area contributed by atoms with Gasteiger partial charge in [0.1, 0.15) is 17.4 Å². The van der Waals surface area contributed by atoms with Crippen LogP contribution in [0.25, 0.3) is 16.6 Å². The maximum atomic E-state index is 10.5. The first-order chi connectivity index (χ1) is 12.2. The molecule has 6 heteroatoms. The molecular formula is C19H17N3O3. The molecule has 0 radical (unpaired) electrons. The van der Waals surface area contributed by atoms with Crippen LogP contribution in [0, 0.1) is 11.3 Å². The Morgan fingerprint density at radius 2 is 1.92 bits per heavy atom. The summed E-state index contributed by atoms with van der Waals surface area (Å²) in [5.41, 5.74) is 2.46. The van der Waals surface area contributed by atoms with Gasteiger partial charge in [0.15, 0.2) is 17.3 Å². The van der Waals surface area contributed by atoms with Crippen LogP contribution in [0.4, 0.5) is 0 Å². The molecule has 25 heavy (non-hydrogen) atoms. The van der Waals surface area contributed by atoms with Crippen LogP contribution in [-0.4, -0.2) is 29.3 Å². The van der Waals surface area contributed by atoms with Crippen molar-refractivity contribution in [3.05, 3.63) is 59.6 Å². The average Bonchev–Trinajstić information content (AvgIpc) is 3.05. The molecule has 126 valence electrons. The van der Waals surface area contributed by atoms with E-state index < -0.39 is 0 Å². The van der Waals surface area contributed by atoms with Gasteiger partial charge >= 0.3 is 0 Å². The van der Waals surface area contributed by atoms with E-state index in [1.165, 1.54) is 0 Å². The van der Waals surface area contributed by atoms with Crippen LogP contribution >= 0.6 is 0 Å². The van der Waals surface area contributed by atoms with Gasteiger partial charge in [0.25, 0.3) is 0 Å². The summed E-state index contributed by atoms with van der Waals surface area (Å²) in [5, 5.41) is 19.9. The molecule has 3 aromatic rings. The third kappa shape index (κ3) is 3.26. The zero-order valence-corrected chi connectivity index (χ0v) is 13.9. The average molecular weight is 335 g/mol. The first kappa shape index (κ1) is 16.4. The van der Waals surface area contributed by atoms with E-state index in [1.807, 2.05) is 36.4 Å². The fourth-order valence-corrected chi connectivity index (χ4v) is 2.60. The number of aliphatic hydroxyl groups is 1. The molecule has 3 rings (SSSR count). The number of fused-ring (bicyclic) bond motifs is 1. The van der Waals surface area contributed by atoms with Gasteiger partial charge in [-0.2, -0.15) is 5.26 Å². The standard InChI is InChI=1S/C19H17N3O3/c1-24-17-8-7-12(10-18(17)25-2)9-16(23)13(11-20)19-21-14-5-3-4-6-15(14)22-19/h3-8,10,23H,9H2,1-2H3,(H,21,22). The number of para-hydroxylation sites is 2. The van der Waals surface area contributed by atoms with Gasteiger partial charge in [0, 0.05) is 6.42 Å². The van der Waals surface area contributed by atoms with E-state index in [-0.39, 0.29) is 17.8 Å². The SMILES string of the molecule is COc1ccc(CC(O)=C(C#N)c2nc3ccccc3[nH]2)cc1OC. The number of allylic oxidation sites excluding steroid dienone is 2. The van der Waals surface area contributed by atoms with Crippen molar-refractivity contribution in [3.8, 4) is 17.6 Å². The Hall–Kier alpha value is -3.46. The number of nitrogens with zero attached hydrogens (tertiary/aromatic N) is 2. The van der Waals surface area contributed by atoms with Gasteiger partial charge in [-0.15, -0.1) is 0 Å². The minimum atomic E-state index is -0.0613. The second-order valence-corrected chi connectivity index (χ2v) is 5.40. The van der Waals surface area contributed by atoms with Gasteiger partial charge in [-0.3, -0.25) is 0 Å². The van der Waals surface area contributed by atoms with Crippen molar-refractivity contribution in [1.82, 2.24) is 9.97 Å². The summed E-state index contributed by atoms with van der Waals surface area (Å²) in [6.07, 6.45) is 0.181. The van der Waals surface area contributed by atoms with Crippen LogP contribution in [0.2, 0.25) is 0 Å². The number of hydrogen-bond acceptors (Lipinski definition) is 5. The molecule has 0 atom stereocenters. The van der Waals surface area contributed by atoms with Gasteiger partial charge in [-0.25, -0.2) is 4.98 Å². The number of H-pyrrole nitrogens is 1. The monoisotopic (exact) mass is 335 g/mol. The number of benzene rings is 2. The first-order valence-corrected chi connectivity index (χ1v) is 7.64. The van der Waals surface area contributed by atoms with E-state index in [4.69, 9.17) is 9.47 Å². The molecule has 0 spiro atoms. The normalized spacial score (nSPS) is 11.7. The van der Waals surface area contributed by atoms with E-state index in [1.54, 1.807) is 26.4 Å². The predicted molar refractivity (Wildman–Crippen MR) is 94.5 cm³/mol. The Morgan fingerprint density at radius 1 is 1.16 bits per heavy atom. The lowest BCUT2D eigenvalue weighted by Gasteiger charge is -2.09. The van der Waals surface area contributed by atoms with Crippen LogP contribution in [0.5, 0.6) is 11.5 Å². The molecule has 2 aromatic carbocycles. The van der Waals surface area contributed by atoms with Crippen LogP contribution in [0.3, 0.4) is 0 Å². The van der Waals surface area contributed by atoms with Gasteiger partial charge in [0.2, 0.25) is 0 Å². The molecule has 0 fully saturated rings. The molecule has 0 saturated heterocycles. The lowest BCUT2D eigenvalue weighted by atomic mass is 10.1. The third-order valence-corrected chi connectivity index (χ3v) is 3.85. The van der Waals surface area contributed by atoms with Crippen molar-refractivity contribution >= 4 is 16.6 Å². The van der Waals surface area contributed by atoms with E-state index in [2.05, 4.69) is 9.97 Å². The molecule has 0 saturated carbocycles. The number of aromatic nitrogens is 2. The fourth-order valence-electron chi connectivity index (χ4n) is 2.60. The lowest BCUT2D eigenvalue weighted by molar-refractivity contribution is 0.354. The van der Waals surface area contributed by atoms with Crippen molar-refractivity contribution in [2.75, 3.05) is 14.2 Å². The fraction of sp³-hybridized carbons (Fsp3) is 0.158. The highest BCUT2D eigenvalue weighted by molar-refractivity contribution is 5.82. The van der Waals surface area contributed by atoms with Gasteiger partial charge in [0.05, 0.1) is 25.3 Å². The highest BCUT2D eigenvalue weighted by Crippen LogP contribution is 2.29. The van der Waals surface area contributed by atoms with Gasteiger partial charge in [-0.05, 0) is 29.8 Å². The first-order valence-electron chi connectivity index (χ1n) is 7.64. The number of imidazole rings is 1. The molecule has 1 heterocycles.